The van der Waals surface area contributed by atoms with Crippen molar-refractivity contribution in [2.45, 2.75) is 45.6 Å². The average molecular weight is 200 g/mol. The first kappa shape index (κ1) is 12.9. The van der Waals surface area contributed by atoms with Crippen LogP contribution >= 0.6 is 0 Å². The minimum atomic E-state index is 0.250. The second kappa shape index (κ2) is 7.35. The summed E-state index contributed by atoms with van der Waals surface area (Å²) in [5.74, 6) is 0.345. The molecule has 1 unspecified atom stereocenters. The monoisotopic (exact) mass is 200 g/mol. The lowest BCUT2D eigenvalue weighted by Gasteiger charge is -2.20. The molecule has 1 fully saturated rings. The Bertz CT molecular complexity index is 183. The zero-order valence-corrected chi connectivity index (χ0v) is 9.03. The highest BCUT2D eigenvalue weighted by atomic mass is 16.2. The Morgan fingerprint density at radius 3 is 2.57 bits per heavy atom. The Kier molecular flexibility index (Phi) is 6.80. The minimum absolute atomic E-state index is 0.250. The molecule has 0 radical (unpaired) electrons. The van der Waals surface area contributed by atoms with E-state index >= 15 is 0 Å². The summed E-state index contributed by atoms with van der Waals surface area (Å²) < 4.78 is 0. The molecule has 0 bridgehead atoms. The highest BCUT2D eigenvalue weighted by Crippen LogP contribution is 2.17. The molecular weight excluding hydrogens is 180 g/mol. The molecule has 0 aromatic carbocycles. The number of hydrogen-bond donors (Lipinski definition) is 1. The van der Waals surface area contributed by atoms with Gasteiger partial charge in [0.25, 0.3) is 0 Å². The summed E-state index contributed by atoms with van der Waals surface area (Å²) in [6.45, 7) is 5.18. The van der Waals surface area contributed by atoms with Crippen LogP contribution in [0.1, 0.15) is 39.5 Å². The van der Waals surface area contributed by atoms with E-state index in [0.717, 1.165) is 19.4 Å². The van der Waals surface area contributed by atoms with Crippen LogP contribution in [-0.2, 0) is 9.59 Å². The maximum atomic E-state index is 11.4. The molecule has 0 saturated carbocycles. The van der Waals surface area contributed by atoms with Gasteiger partial charge >= 0.3 is 0 Å². The number of amides is 2. The van der Waals surface area contributed by atoms with Crippen LogP contribution in [0.3, 0.4) is 0 Å². The summed E-state index contributed by atoms with van der Waals surface area (Å²) in [6.07, 6.45) is 4.33. The topological polar surface area (TPSA) is 63.4 Å². The Labute approximate surface area is 85.4 Å². The lowest BCUT2D eigenvalue weighted by molar-refractivity contribution is -0.131. The molecule has 1 aliphatic heterocycles. The second-order valence-corrected chi connectivity index (χ2v) is 3.46. The SMILES string of the molecule is CCCC(=O)N1CCCC1C.NC=O. The van der Waals surface area contributed by atoms with E-state index in [9.17, 15) is 4.79 Å². The standard InChI is InChI=1S/C9H17NO.CH3NO/c1-3-5-9(11)10-7-4-6-8(10)2;2-1-3/h8H,3-7H2,1-2H3;1H,(H2,2,3). The van der Waals surface area contributed by atoms with Gasteiger partial charge in [0.15, 0.2) is 0 Å². The number of rotatable bonds is 2. The van der Waals surface area contributed by atoms with Gasteiger partial charge in [-0.1, -0.05) is 6.92 Å². The Morgan fingerprint density at radius 1 is 1.64 bits per heavy atom. The van der Waals surface area contributed by atoms with E-state index in [4.69, 9.17) is 4.79 Å². The van der Waals surface area contributed by atoms with Gasteiger partial charge in [0.05, 0.1) is 0 Å². The molecule has 82 valence electrons. The Balaban J connectivity index is 0.000000500. The van der Waals surface area contributed by atoms with Gasteiger partial charge in [-0.15, -0.1) is 0 Å². The van der Waals surface area contributed by atoms with E-state index in [1.54, 1.807) is 0 Å². The fourth-order valence-corrected chi connectivity index (χ4v) is 1.66. The number of hydrogen-bond acceptors (Lipinski definition) is 2. The third kappa shape index (κ3) is 4.25. The molecule has 2 amide bonds. The number of nitrogens with zero attached hydrogens (tertiary/aromatic N) is 1. The summed E-state index contributed by atoms with van der Waals surface area (Å²) in [7, 11) is 0. The molecule has 14 heavy (non-hydrogen) atoms. The second-order valence-electron chi connectivity index (χ2n) is 3.46. The third-order valence-electron chi connectivity index (χ3n) is 2.34. The van der Waals surface area contributed by atoms with Crippen LogP contribution in [-0.4, -0.2) is 29.8 Å². The van der Waals surface area contributed by atoms with Crippen molar-refractivity contribution >= 4 is 12.3 Å². The highest BCUT2D eigenvalue weighted by Gasteiger charge is 2.23. The molecule has 1 rings (SSSR count). The minimum Gasteiger partial charge on any atom is -0.372 e. The van der Waals surface area contributed by atoms with Gasteiger partial charge in [-0.2, -0.15) is 0 Å². The highest BCUT2D eigenvalue weighted by molar-refractivity contribution is 5.76. The Morgan fingerprint density at radius 2 is 2.21 bits per heavy atom. The predicted molar refractivity (Wildman–Crippen MR) is 55.6 cm³/mol. The zero-order valence-electron chi connectivity index (χ0n) is 9.03. The van der Waals surface area contributed by atoms with Crippen molar-refractivity contribution in [1.82, 2.24) is 4.90 Å². The van der Waals surface area contributed by atoms with Crippen LogP contribution in [0.4, 0.5) is 0 Å². The van der Waals surface area contributed by atoms with E-state index in [1.807, 2.05) is 4.90 Å². The summed E-state index contributed by atoms with van der Waals surface area (Å²) in [5.41, 5.74) is 4.17. The van der Waals surface area contributed by atoms with Gasteiger partial charge in [0.2, 0.25) is 12.3 Å². The van der Waals surface area contributed by atoms with Crippen LogP contribution in [0, 0.1) is 0 Å². The maximum Gasteiger partial charge on any atom is 0.222 e. The van der Waals surface area contributed by atoms with Gasteiger partial charge in [-0.25, -0.2) is 0 Å². The molecule has 4 nitrogen and oxygen atoms in total. The first-order chi connectivity index (χ1) is 6.67. The molecule has 1 atom stereocenters. The van der Waals surface area contributed by atoms with E-state index in [1.165, 1.54) is 12.8 Å². The van der Waals surface area contributed by atoms with Crippen LogP contribution in [0.2, 0.25) is 0 Å². The van der Waals surface area contributed by atoms with Crippen molar-refractivity contribution in [3.05, 3.63) is 0 Å². The zero-order chi connectivity index (χ0) is 11.0. The average Bonchev–Trinajstić information content (AvgIpc) is 2.53. The van der Waals surface area contributed by atoms with Crippen molar-refractivity contribution in [1.29, 1.82) is 0 Å². The predicted octanol–water partition coefficient (Wildman–Crippen LogP) is 0.899. The number of nitrogens with two attached hydrogens (primary N) is 1. The van der Waals surface area contributed by atoms with E-state index in [0.29, 0.717) is 11.9 Å². The van der Waals surface area contributed by atoms with Crippen molar-refractivity contribution < 1.29 is 9.59 Å². The molecule has 2 N–H and O–H groups in total. The number of carbonyl (C=O) groups excluding carboxylic acids is 2. The quantitative estimate of drug-likeness (QED) is 0.673. The van der Waals surface area contributed by atoms with E-state index < -0.39 is 0 Å². The maximum absolute atomic E-state index is 11.4. The summed E-state index contributed by atoms with van der Waals surface area (Å²) >= 11 is 0. The molecule has 0 spiro atoms. The number of carbonyl (C=O) groups is 2. The van der Waals surface area contributed by atoms with Crippen LogP contribution in [0.5, 0.6) is 0 Å². The number of likely N-dealkylation sites (tertiary alicyclic amines) is 1. The molecule has 1 saturated heterocycles. The largest absolute Gasteiger partial charge is 0.372 e. The summed E-state index contributed by atoms with van der Waals surface area (Å²) in [5, 5.41) is 0. The first-order valence-electron chi connectivity index (χ1n) is 5.12. The number of primary amides is 1. The van der Waals surface area contributed by atoms with Crippen molar-refractivity contribution in [2.24, 2.45) is 5.73 Å². The fraction of sp³-hybridized carbons (Fsp3) is 0.800. The van der Waals surface area contributed by atoms with Crippen molar-refractivity contribution in [3.63, 3.8) is 0 Å². The fourth-order valence-electron chi connectivity index (χ4n) is 1.66. The molecule has 0 aliphatic carbocycles. The van der Waals surface area contributed by atoms with Crippen molar-refractivity contribution in [3.8, 4) is 0 Å². The molecule has 0 aromatic heterocycles. The molecule has 1 heterocycles. The van der Waals surface area contributed by atoms with E-state index in [2.05, 4.69) is 19.6 Å². The van der Waals surface area contributed by atoms with Crippen molar-refractivity contribution in [2.75, 3.05) is 6.54 Å². The van der Waals surface area contributed by atoms with E-state index in [-0.39, 0.29) is 6.41 Å². The molecular formula is C10H20N2O2. The summed E-state index contributed by atoms with van der Waals surface area (Å²) in [6, 6.07) is 0.494. The van der Waals surface area contributed by atoms with Crippen LogP contribution in [0.15, 0.2) is 0 Å². The molecule has 4 heteroatoms. The smallest absolute Gasteiger partial charge is 0.222 e. The van der Waals surface area contributed by atoms with Gasteiger partial charge in [-0.3, -0.25) is 9.59 Å². The normalized spacial score (nSPS) is 19.9. The van der Waals surface area contributed by atoms with Gasteiger partial charge in [0, 0.05) is 19.0 Å². The van der Waals surface area contributed by atoms with Gasteiger partial charge in [-0.05, 0) is 26.2 Å². The lowest BCUT2D eigenvalue weighted by Crippen LogP contribution is -2.33. The molecule has 0 aromatic rings. The Hall–Kier alpha value is -1.06. The molecule has 1 aliphatic rings. The van der Waals surface area contributed by atoms with Crippen LogP contribution in [0.25, 0.3) is 0 Å². The first-order valence-corrected chi connectivity index (χ1v) is 5.12. The summed E-state index contributed by atoms with van der Waals surface area (Å²) in [4.78, 5) is 22.0. The van der Waals surface area contributed by atoms with Gasteiger partial charge < -0.3 is 10.6 Å². The third-order valence-corrected chi connectivity index (χ3v) is 2.34. The van der Waals surface area contributed by atoms with Gasteiger partial charge in [0.1, 0.15) is 0 Å². The van der Waals surface area contributed by atoms with Crippen LogP contribution < -0.4 is 5.73 Å². The lowest BCUT2D eigenvalue weighted by atomic mass is 10.2.